The molecule has 0 spiro atoms. The Labute approximate surface area is 131 Å². The molecule has 1 heterocycles. The van der Waals surface area contributed by atoms with E-state index < -0.39 is 0 Å². The van der Waals surface area contributed by atoms with Crippen LogP contribution < -0.4 is 16.4 Å². The first-order valence-corrected chi connectivity index (χ1v) is 7.87. The fraction of sp³-hybridized carbons (Fsp3) is 0.529. The van der Waals surface area contributed by atoms with E-state index >= 15 is 0 Å². The predicted molar refractivity (Wildman–Crippen MR) is 86.2 cm³/mol. The number of benzene rings is 1. The van der Waals surface area contributed by atoms with Crippen LogP contribution in [-0.4, -0.2) is 24.9 Å². The first-order valence-electron chi connectivity index (χ1n) is 7.87. The summed E-state index contributed by atoms with van der Waals surface area (Å²) in [6.07, 6.45) is 0.958. The minimum atomic E-state index is -0.234. The Morgan fingerprint density at radius 3 is 2.55 bits per heavy atom. The van der Waals surface area contributed by atoms with Gasteiger partial charge in [-0.3, -0.25) is 9.59 Å². The van der Waals surface area contributed by atoms with Crippen molar-refractivity contribution in [3.05, 3.63) is 35.4 Å². The van der Waals surface area contributed by atoms with Crippen molar-refractivity contribution in [2.75, 3.05) is 13.1 Å². The third kappa shape index (κ3) is 4.31. The average molecular weight is 303 g/mol. The number of amides is 2. The minimum Gasteiger partial charge on any atom is -0.356 e. The highest BCUT2D eigenvalue weighted by atomic mass is 16.2. The summed E-state index contributed by atoms with van der Waals surface area (Å²) in [5, 5.41) is 5.59. The summed E-state index contributed by atoms with van der Waals surface area (Å²) < 4.78 is 0. The zero-order chi connectivity index (χ0) is 16.1. The van der Waals surface area contributed by atoms with Crippen molar-refractivity contribution in [3.63, 3.8) is 0 Å². The molecule has 2 unspecified atom stereocenters. The summed E-state index contributed by atoms with van der Waals surface area (Å²) >= 11 is 0. The van der Waals surface area contributed by atoms with E-state index in [9.17, 15) is 9.59 Å². The van der Waals surface area contributed by atoms with E-state index in [1.165, 1.54) is 5.56 Å². The van der Waals surface area contributed by atoms with E-state index in [1.54, 1.807) is 0 Å². The van der Waals surface area contributed by atoms with Crippen molar-refractivity contribution in [1.29, 1.82) is 0 Å². The van der Waals surface area contributed by atoms with Crippen LogP contribution in [-0.2, 0) is 9.59 Å². The van der Waals surface area contributed by atoms with Crippen molar-refractivity contribution in [1.82, 2.24) is 10.6 Å². The van der Waals surface area contributed by atoms with E-state index in [4.69, 9.17) is 5.73 Å². The minimum absolute atomic E-state index is 0.0556. The zero-order valence-corrected chi connectivity index (χ0v) is 13.3. The molecular weight excluding hydrogens is 278 g/mol. The topological polar surface area (TPSA) is 84.2 Å². The van der Waals surface area contributed by atoms with E-state index in [0.29, 0.717) is 25.4 Å². The summed E-state index contributed by atoms with van der Waals surface area (Å²) in [7, 11) is 0. The van der Waals surface area contributed by atoms with Crippen LogP contribution in [0.5, 0.6) is 0 Å². The van der Waals surface area contributed by atoms with Crippen LogP contribution >= 0.6 is 0 Å². The van der Waals surface area contributed by atoms with Gasteiger partial charge in [0.1, 0.15) is 0 Å². The second kappa shape index (κ2) is 7.40. The lowest BCUT2D eigenvalue weighted by atomic mass is 9.96. The van der Waals surface area contributed by atoms with Crippen molar-refractivity contribution in [2.24, 2.45) is 11.7 Å². The standard InChI is InChI=1S/C17H25N3O2/c1-11(2)12-3-5-13(6-4-12)15(18)10-20-17(22)14-7-8-19-16(21)9-14/h3-6,11,14-15H,7-10,18H2,1-2H3,(H,19,21)(H,20,22). The van der Waals surface area contributed by atoms with Crippen LogP contribution in [0.3, 0.4) is 0 Å². The Balaban J connectivity index is 1.85. The Bertz CT molecular complexity index is 525. The molecule has 0 radical (unpaired) electrons. The third-order valence-electron chi connectivity index (χ3n) is 4.15. The van der Waals surface area contributed by atoms with E-state index in [-0.39, 0.29) is 30.2 Å². The molecule has 120 valence electrons. The maximum absolute atomic E-state index is 12.1. The number of piperidine rings is 1. The smallest absolute Gasteiger partial charge is 0.223 e. The molecule has 5 heteroatoms. The highest BCUT2D eigenvalue weighted by Gasteiger charge is 2.25. The Kier molecular flexibility index (Phi) is 5.55. The Morgan fingerprint density at radius 1 is 1.32 bits per heavy atom. The molecule has 5 nitrogen and oxygen atoms in total. The van der Waals surface area contributed by atoms with Gasteiger partial charge in [-0.15, -0.1) is 0 Å². The monoisotopic (exact) mass is 303 g/mol. The van der Waals surface area contributed by atoms with Crippen molar-refractivity contribution < 1.29 is 9.59 Å². The number of hydrogen-bond donors (Lipinski definition) is 3. The van der Waals surface area contributed by atoms with Gasteiger partial charge >= 0.3 is 0 Å². The largest absolute Gasteiger partial charge is 0.356 e. The number of carbonyl (C=O) groups is 2. The molecule has 0 bridgehead atoms. The van der Waals surface area contributed by atoms with Gasteiger partial charge in [-0.25, -0.2) is 0 Å². The van der Waals surface area contributed by atoms with Crippen molar-refractivity contribution >= 4 is 11.8 Å². The van der Waals surface area contributed by atoms with Crippen LogP contribution in [0.1, 0.15) is 49.8 Å². The lowest BCUT2D eigenvalue weighted by Gasteiger charge is -2.22. The maximum Gasteiger partial charge on any atom is 0.223 e. The molecule has 4 N–H and O–H groups in total. The number of nitrogens with two attached hydrogens (primary N) is 1. The number of rotatable bonds is 5. The van der Waals surface area contributed by atoms with Gasteiger partial charge < -0.3 is 16.4 Å². The predicted octanol–water partition coefficient (Wildman–Crippen LogP) is 1.45. The van der Waals surface area contributed by atoms with Crippen LogP contribution in [0.2, 0.25) is 0 Å². The van der Waals surface area contributed by atoms with E-state index in [1.807, 2.05) is 12.1 Å². The number of hydrogen-bond acceptors (Lipinski definition) is 3. The summed E-state index contributed by atoms with van der Waals surface area (Å²) in [5.74, 6) is 0.121. The molecule has 1 fully saturated rings. The molecule has 0 saturated carbocycles. The van der Waals surface area contributed by atoms with Crippen LogP contribution in [0.4, 0.5) is 0 Å². The summed E-state index contributed by atoms with van der Waals surface area (Å²) in [6, 6.07) is 7.95. The lowest BCUT2D eigenvalue weighted by Crippen LogP contribution is -2.42. The normalized spacial score (nSPS) is 19.6. The maximum atomic E-state index is 12.1. The molecule has 2 amide bonds. The number of nitrogens with one attached hydrogen (secondary N) is 2. The quantitative estimate of drug-likeness (QED) is 0.770. The van der Waals surface area contributed by atoms with Gasteiger partial charge in [-0.1, -0.05) is 38.1 Å². The van der Waals surface area contributed by atoms with Gasteiger partial charge in [-0.2, -0.15) is 0 Å². The second-order valence-electron chi connectivity index (χ2n) is 6.21. The second-order valence-corrected chi connectivity index (χ2v) is 6.21. The molecule has 1 saturated heterocycles. The Morgan fingerprint density at radius 2 is 1.95 bits per heavy atom. The van der Waals surface area contributed by atoms with Crippen molar-refractivity contribution in [3.8, 4) is 0 Å². The van der Waals surface area contributed by atoms with E-state index in [2.05, 4.69) is 36.6 Å². The summed E-state index contributed by atoms with van der Waals surface area (Å²) in [5.41, 5.74) is 8.41. The molecule has 22 heavy (non-hydrogen) atoms. The fourth-order valence-corrected chi connectivity index (χ4v) is 2.61. The number of carbonyl (C=O) groups excluding carboxylic acids is 2. The molecule has 1 aliphatic heterocycles. The van der Waals surface area contributed by atoms with Crippen LogP contribution in [0.25, 0.3) is 0 Å². The molecule has 1 aromatic carbocycles. The van der Waals surface area contributed by atoms with Gasteiger partial charge in [0.15, 0.2) is 0 Å². The lowest BCUT2D eigenvalue weighted by molar-refractivity contribution is -0.132. The van der Waals surface area contributed by atoms with Gasteiger partial charge in [0, 0.05) is 31.5 Å². The van der Waals surface area contributed by atoms with Gasteiger partial charge in [-0.05, 0) is 23.5 Å². The SMILES string of the molecule is CC(C)c1ccc(C(N)CNC(=O)C2CCNC(=O)C2)cc1. The third-order valence-corrected chi connectivity index (χ3v) is 4.15. The molecule has 1 aliphatic rings. The van der Waals surface area contributed by atoms with Gasteiger partial charge in [0.2, 0.25) is 11.8 Å². The molecule has 0 aliphatic carbocycles. The highest BCUT2D eigenvalue weighted by molar-refractivity contribution is 5.86. The van der Waals surface area contributed by atoms with E-state index in [0.717, 1.165) is 5.56 Å². The first-order chi connectivity index (χ1) is 10.5. The van der Waals surface area contributed by atoms with Crippen LogP contribution in [0.15, 0.2) is 24.3 Å². The molecule has 2 atom stereocenters. The zero-order valence-electron chi connectivity index (χ0n) is 13.3. The van der Waals surface area contributed by atoms with Gasteiger partial charge in [0.25, 0.3) is 0 Å². The van der Waals surface area contributed by atoms with Gasteiger partial charge in [0.05, 0.1) is 0 Å². The summed E-state index contributed by atoms with van der Waals surface area (Å²) in [6.45, 7) is 5.25. The molecule has 0 aromatic heterocycles. The fourth-order valence-electron chi connectivity index (χ4n) is 2.61. The Hall–Kier alpha value is -1.88. The van der Waals surface area contributed by atoms with Crippen LogP contribution in [0, 0.1) is 5.92 Å². The first kappa shape index (κ1) is 16.5. The van der Waals surface area contributed by atoms with Crippen molar-refractivity contribution in [2.45, 2.75) is 38.6 Å². The highest BCUT2D eigenvalue weighted by Crippen LogP contribution is 2.18. The molecule has 2 rings (SSSR count). The average Bonchev–Trinajstić information content (AvgIpc) is 2.52. The summed E-state index contributed by atoms with van der Waals surface area (Å²) in [4.78, 5) is 23.4. The molecule has 1 aromatic rings. The molecular formula is C17H25N3O2.